The second-order valence-electron chi connectivity index (χ2n) is 3.73. The van der Waals surface area contributed by atoms with E-state index in [-0.39, 0.29) is 23.8 Å². The fourth-order valence-electron chi connectivity index (χ4n) is 1.56. The lowest BCUT2D eigenvalue weighted by Crippen LogP contribution is -2.09. The number of aromatic nitrogens is 3. The first-order valence-electron chi connectivity index (χ1n) is 5.40. The third-order valence-electron chi connectivity index (χ3n) is 2.44. The normalized spacial score (nSPS) is 10.6. The minimum atomic E-state index is -1.26. The number of aromatic carboxylic acids is 1. The Morgan fingerprint density at radius 3 is 2.89 bits per heavy atom. The van der Waals surface area contributed by atoms with Gasteiger partial charge in [-0.2, -0.15) is 4.98 Å². The molecule has 1 N–H and O–H groups in total. The van der Waals surface area contributed by atoms with Gasteiger partial charge in [0.1, 0.15) is 5.69 Å². The maximum absolute atomic E-state index is 11.0. The highest BCUT2D eigenvalue weighted by Gasteiger charge is 2.20. The van der Waals surface area contributed by atoms with Crippen LogP contribution in [-0.4, -0.2) is 30.7 Å². The van der Waals surface area contributed by atoms with Crippen molar-refractivity contribution >= 4 is 11.7 Å². The van der Waals surface area contributed by atoms with Crippen LogP contribution in [0.15, 0.2) is 16.8 Å². The minimum Gasteiger partial charge on any atom is -0.477 e. The third kappa shape index (κ3) is 2.59. The number of nitrogens with zero attached hydrogens (tertiary/aromatic N) is 4. The van der Waals surface area contributed by atoms with Gasteiger partial charge in [0.2, 0.25) is 5.89 Å². The molecule has 9 nitrogen and oxygen atoms in total. The van der Waals surface area contributed by atoms with Crippen LogP contribution >= 0.6 is 0 Å². The van der Waals surface area contributed by atoms with E-state index in [2.05, 4.69) is 10.1 Å². The molecule has 9 heteroatoms. The Balaban J connectivity index is 2.32. The van der Waals surface area contributed by atoms with Crippen molar-refractivity contribution in [2.45, 2.75) is 19.9 Å². The first-order valence-corrected chi connectivity index (χ1v) is 5.40. The fraction of sp³-hybridized carbons (Fsp3) is 0.300. The topological polar surface area (TPSA) is 124 Å². The van der Waals surface area contributed by atoms with Crippen LogP contribution in [0.3, 0.4) is 0 Å². The van der Waals surface area contributed by atoms with Gasteiger partial charge in [0.15, 0.2) is 5.82 Å². The van der Waals surface area contributed by atoms with Crippen LogP contribution in [0.4, 0.5) is 5.69 Å². The summed E-state index contributed by atoms with van der Waals surface area (Å²) in [7, 11) is 0. The summed E-state index contributed by atoms with van der Waals surface area (Å²) in [6.07, 6.45) is 1.69. The largest absolute Gasteiger partial charge is 0.477 e. The molecule has 0 aliphatic rings. The molecular weight excluding hydrogens is 256 g/mol. The lowest BCUT2D eigenvalue weighted by Gasteiger charge is -2.00. The van der Waals surface area contributed by atoms with E-state index in [4.69, 9.17) is 9.63 Å². The number of carbonyl (C=O) groups is 1. The van der Waals surface area contributed by atoms with Crippen molar-refractivity contribution in [1.82, 2.24) is 14.7 Å². The standard InChI is InChI=1S/C10H10N4O5/c1-2-9-11-8(12-19-9)5-13-4-6(14(17)18)3-7(13)10(15)16/h3-4H,2,5H2,1H3,(H,15,16). The second kappa shape index (κ2) is 4.88. The van der Waals surface area contributed by atoms with Crippen LogP contribution in [0.2, 0.25) is 0 Å². The van der Waals surface area contributed by atoms with E-state index in [1.807, 2.05) is 6.92 Å². The first-order chi connectivity index (χ1) is 9.01. The molecule has 2 aromatic rings. The average molecular weight is 266 g/mol. The van der Waals surface area contributed by atoms with Gasteiger partial charge >= 0.3 is 5.97 Å². The van der Waals surface area contributed by atoms with Gasteiger partial charge in [-0.05, 0) is 0 Å². The van der Waals surface area contributed by atoms with E-state index in [1.165, 1.54) is 4.57 Å². The highest BCUT2D eigenvalue weighted by Crippen LogP contribution is 2.17. The first kappa shape index (κ1) is 12.7. The zero-order valence-electron chi connectivity index (χ0n) is 9.94. The molecule has 0 atom stereocenters. The summed E-state index contributed by atoms with van der Waals surface area (Å²) in [6.45, 7) is 1.83. The molecule has 0 aliphatic heterocycles. The number of carboxylic acids is 1. The quantitative estimate of drug-likeness (QED) is 0.634. The molecule has 2 aromatic heterocycles. The summed E-state index contributed by atoms with van der Waals surface area (Å²) >= 11 is 0. The van der Waals surface area contributed by atoms with E-state index < -0.39 is 10.9 Å². The summed E-state index contributed by atoms with van der Waals surface area (Å²) in [5, 5.41) is 23.3. The summed E-state index contributed by atoms with van der Waals surface area (Å²) in [4.78, 5) is 25.0. The Kier molecular flexibility index (Phi) is 3.27. The zero-order valence-corrected chi connectivity index (χ0v) is 9.94. The van der Waals surface area contributed by atoms with Crippen LogP contribution < -0.4 is 0 Å². The number of carboxylic acid groups (broad SMARTS) is 1. The molecule has 2 rings (SSSR count). The number of aryl methyl sites for hydroxylation is 1. The van der Waals surface area contributed by atoms with Crippen molar-refractivity contribution in [3.63, 3.8) is 0 Å². The molecule has 0 unspecified atom stereocenters. The third-order valence-corrected chi connectivity index (χ3v) is 2.44. The maximum Gasteiger partial charge on any atom is 0.352 e. The summed E-state index contributed by atoms with van der Waals surface area (Å²) < 4.78 is 6.08. The Hall–Kier alpha value is -2.71. The van der Waals surface area contributed by atoms with Gasteiger partial charge in [0.05, 0.1) is 17.7 Å². The fourth-order valence-corrected chi connectivity index (χ4v) is 1.56. The zero-order chi connectivity index (χ0) is 14.0. The van der Waals surface area contributed by atoms with E-state index in [9.17, 15) is 14.9 Å². The van der Waals surface area contributed by atoms with Gasteiger partial charge in [-0.1, -0.05) is 12.1 Å². The Morgan fingerprint density at radius 2 is 2.37 bits per heavy atom. The van der Waals surface area contributed by atoms with E-state index in [0.29, 0.717) is 12.3 Å². The predicted octanol–water partition coefficient (Wildman–Crippen LogP) is 1.09. The summed E-state index contributed by atoms with van der Waals surface area (Å²) in [6, 6.07) is 0.989. The molecule has 0 bridgehead atoms. The number of nitro groups is 1. The van der Waals surface area contributed by atoms with Crippen LogP contribution in [0, 0.1) is 10.1 Å². The molecule has 0 saturated carbocycles. The van der Waals surface area contributed by atoms with Crippen molar-refractivity contribution in [2.75, 3.05) is 0 Å². The van der Waals surface area contributed by atoms with E-state index >= 15 is 0 Å². The van der Waals surface area contributed by atoms with Gasteiger partial charge < -0.3 is 14.2 Å². The number of hydrogen-bond donors (Lipinski definition) is 1. The van der Waals surface area contributed by atoms with Crippen LogP contribution in [0.1, 0.15) is 29.1 Å². The Labute approximate surface area is 106 Å². The summed E-state index contributed by atoms with van der Waals surface area (Å²) in [5.74, 6) is -0.564. The van der Waals surface area contributed by atoms with Gasteiger partial charge in [-0.3, -0.25) is 10.1 Å². The summed E-state index contributed by atoms with van der Waals surface area (Å²) in [5.41, 5.74) is -0.494. The number of hydrogen-bond acceptors (Lipinski definition) is 6. The lowest BCUT2D eigenvalue weighted by atomic mass is 10.4. The highest BCUT2D eigenvalue weighted by atomic mass is 16.6. The molecule has 0 aromatic carbocycles. The van der Waals surface area contributed by atoms with Crippen molar-refractivity contribution in [1.29, 1.82) is 0 Å². The van der Waals surface area contributed by atoms with Gasteiger partial charge in [0, 0.05) is 12.5 Å². The highest BCUT2D eigenvalue weighted by molar-refractivity contribution is 5.86. The van der Waals surface area contributed by atoms with Crippen molar-refractivity contribution in [3.05, 3.63) is 39.8 Å². The number of rotatable bonds is 5. The molecule has 2 heterocycles. The lowest BCUT2D eigenvalue weighted by molar-refractivity contribution is -0.384. The smallest absolute Gasteiger partial charge is 0.352 e. The molecule has 0 saturated heterocycles. The van der Waals surface area contributed by atoms with E-state index in [0.717, 1.165) is 12.3 Å². The molecule has 100 valence electrons. The van der Waals surface area contributed by atoms with Crippen molar-refractivity contribution in [3.8, 4) is 0 Å². The van der Waals surface area contributed by atoms with Gasteiger partial charge in [-0.15, -0.1) is 0 Å². The minimum absolute atomic E-state index is 0.00102. The molecule has 0 radical (unpaired) electrons. The van der Waals surface area contributed by atoms with Crippen molar-refractivity contribution in [2.24, 2.45) is 0 Å². The van der Waals surface area contributed by atoms with E-state index in [1.54, 1.807) is 0 Å². The molecular formula is C10H10N4O5. The molecule has 0 amide bonds. The maximum atomic E-state index is 11.0. The monoisotopic (exact) mass is 266 g/mol. The predicted molar refractivity (Wildman–Crippen MR) is 60.8 cm³/mol. The molecule has 19 heavy (non-hydrogen) atoms. The SMILES string of the molecule is CCc1nc(Cn2cc([N+](=O)[O-])cc2C(=O)O)no1. The second-order valence-corrected chi connectivity index (χ2v) is 3.73. The Morgan fingerprint density at radius 1 is 1.63 bits per heavy atom. The van der Waals surface area contributed by atoms with Crippen LogP contribution in [0.25, 0.3) is 0 Å². The molecule has 0 fully saturated rings. The Bertz CT molecular complexity index is 630. The molecule has 0 spiro atoms. The van der Waals surface area contributed by atoms with Crippen LogP contribution in [0.5, 0.6) is 0 Å². The average Bonchev–Trinajstić information content (AvgIpc) is 2.96. The van der Waals surface area contributed by atoms with Gasteiger partial charge in [0.25, 0.3) is 5.69 Å². The van der Waals surface area contributed by atoms with Crippen molar-refractivity contribution < 1.29 is 19.3 Å². The molecule has 0 aliphatic carbocycles. The van der Waals surface area contributed by atoms with Crippen LogP contribution in [-0.2, 0) is 13.0 Å². The van der Waals surface area contributed by atoms with Gasteiger partial charge in [-0.25, -0.2) is 4.79 Å².